The van der Waals surface area contributed by atoms with Gasteiger partial charge in [-0.3, -0.25) is 5.32 Å². The Morgan fingerprint density at radius 1 is 1.13 bits per heavy atom. The van der Waals surface area contributed by atoms with Crippen molar-refractivity contribution in [1.29, 1.82) is 0 Å². The number of carbonyl (C=O) groups is 1. The summed E-state index contributed by atoms with van der Waals surface area (Å²) in [6.45, 7) is 8.59. The number of hydrogen-bond acceptors (Lipinski definition) is 6. The summed E-state index contributed by atoms with van der Waals surface area (Å²) in [7, 11) is 4.00. The molecule has 0 atom stereocenters. The van der Waals surface area contributed by atoms with E-state index in [9.17, 15) is 13.2 Å². The van der Waals surface area contributed by atoms with E-state index in [0.29, 0.717) is 19.9 Å². The van der Waals surface area contributed by atoms with E-state index in [-0.39, 0.29) is 6.29 Å². The summed E-state index contributed by atoms with van der Waals surface area (Å²) in [6, 6.07) is 5.57. The molecule has 1 saturated heterocycles. The van der Waals surface area contributed by atoms with Gasteiger partial charge in [-0.05, 0) is 52.2 Å². The third-order valence-electron chi connectivity index (χ3n) is 3.54. The lowest BCUT2D eigenvalue weighted by molar-refractivity contribution is -0.144. The number of benzene rings is 1. The molecule has 0 bridgehead atoms. The largest absolute Gasteiger partial charge is 0.486 e. The van der Waals surface area contributed by atoms with E-state index in [2.05, 4.69) is 31.1 Å². The second kappa shape index (κ2) is 16.8. The standard InChI is InChI=1S/C10H13NO3.C5H11N.C3H3F3O.C3H8/c1-11-7-14-8-2-3-9-10(6-8)13-5-4-12-9;1-6-4-2-3-5-6;4-3(5,6)1-2-7;1-3-2/h2-3,6,11H,4-5,7H2,1H3;2-5H2,1H3;2H,1H2;3H2,1-2H3. The summed E-state index contributed by atoms with van der Waals surface area (Å²) in [6.07, 6.45) is -1.75. The van der Waals surface area contributed by atoms with E-state index < -0.39 is 12.6 Å². The predicted molar refractivity (Wildman–Crippen MR) is 111 cm³/mol. The van der Waals surface area contributed by atoms with Crippen molar-refractivity contribution in [3.05, 3.63) is 18.2 Å². The lowest BCUT2D eigenvalue weighted by Gasteiger charge is -2.18. The van der Waals surface area contributed by atoms with Crippen LogP contribution < -0.4 is 19.5 Å². The van der Waals surface area contributed by atoms with Crippen molar-refractivity contribution in [1.82, 2.24) is 10.2 Å². The van der Waals surface area contributed by atoms with Gasteiger partial charge < -0.3 is 23.9 Å². The minimum atomic E-state index is -4.32. The van der Waals surface area contributed by atoms with Gasteiger partial charge in [0.2, 0.25) is 0 Å². The third kappa shape index (κ3) is 14.9. The van der Waals surface area contributed by atoms with Gasteiger partial charge in [0.25, 0.3) is 0 Å². The fourth-order valence-electron chi connectivity index (χ4n) is 2.24. The van der Waals surface area contributed by atoms with Crippen molar-refractivity contribution < 1.29 is 32.2 Å². The van der Waals surface area contributed by atoms with Crippen molar-refractivity contribution in [2.75, 3.05) is 47.1 Å². The smallest absolute Gasteiger partial charge is 0.395 e. The third-order valence-corrected chi connectivity index (χ3v) is 3.54. The fraction of sp³-hybridized carbons (Fsp3) is 0.667. The molecule has 1 aromatic rings. The Balaban J connectivity index is 0.000000442. The highest BCUT2D eigenvalue weighted by atomic mass is 19.4. The highest BCUT2D eigenvalue weighted by Gasteiger charge is 2.25. The number of likely N-dealkylation sites (tertiary alicyclic amines) is 1. The first-order valence-electron chi connectivity index (χ1n) is 10.1. The molecule has 0 aromatic heterocycles. The molecule has 2 aliphatic heterocycles. The molecule has 0 saturated carbocycles. The minimum absolute atomic E-state index is 0.167. The van der Waals surface area contributed by atoms with E-state index in [0.717, 1.165) is 17.2 Å². The Morgan fingerprint density at radius 2 is 1.70 bits per heavy atom. The normalized spacial score (nSPS) is 14.8. The van der Waals surface area contributed by atoms with Crippen molar-refractivity contribution in [2.45, 2.75) is 45.7 Å². The summed E-state index contributed by atoms with van der Waals surface area (Å²) < 4.78 is 48.7. The molecular weight excluding hydrogens is 401 g/mol. The summed E-state index contributed by atoms with van der Waals surface area (Å²) in [5, 5.41) is 2.90. The molecule has 2 heterocycles. The van der Waals surface area contributed by atoms with Crippen LogP contribution in [0.25, 0.3) is 0 Å². The SMILES string of the molecule is CCC.CN1CCCC1.CNCOc1ccc2c(c1)OCCO2.O=CCC(F)(F)F. The van der Waals surface area contributed by atoms with Gasteiger partial charge >= 0.3 is 6.18 Å². The Bertz CT molecular complexity index is 566. The van der Waals surface area contributed by atoms with Gasteiger partial charge in [-0.15, -0.1) is 0 Å². The number of nitrogens with one attached hydrogen (secondary N) is 1. The van der Waals surface area contributed by atoms with E-state index in [1.54, 1.807) is 0 Å². The molecule has 9 heteroatoms. The number of halogens is 3. The summed E-state index contributed by atoms with van der Waals surface area (Å²) in [5.41, 5.74) is 0. The van der Waals surface area contributed by atoms with E-state index >= 15 is 0 Å². The molecule has 0 radical (unpaired) electrons. The minimum Gasteiger partial charge on any atom is -0.486 e. The quantitative estimate of drug-likeness (QED) is 0.562. The molecule has 2 aliphatic rings. The fourth-order valence-corrected chi connectivity index (χ4v) is 2.24. The first kappa shape index (κ1) is 28.0. The monoisotopic (exact) mass is 436 g/mol. The van der Waals surface area contributed by atoms with Crippen LogP contribution in [0.3, 0.4) is 0 Å². The Labute approximate surface area is 177 Å². The maximum atomic E-state index is 10.8. The zero-order valence-corrected chi connectivity index (χ0v) is 18.4. The number of hydrogen-bond donors (Lipinski definition) is 1. The summed E-state index contributed by atoms with van der Waals surface area (Å²) in [4.78, 5) is 11.5. The van der Waals surface area contributed by atoms with Crippen molar-refractivity contribution in [3.63, 3.8) is 0 Å². The van der Waals surface area contributed by atoms with Gasteiger partial charge in [-0.1, -0.05) is 20.3 Å². The molecule has 30 heavy (non-hydrogen) atoms. The summed E-state index contributed by atoms with van der Waals surface area (Å²) >= 11 is 0. The first-order valence-corrected chi connectivity index (χ1v) is 10.1. The maximum absolute atomic E-state index is 10.8. The highest BCUT2D eigenvalue weighted by Crippen LogP contribution is 2.33. The average Bonchev–Trinajstić information content (AvgIpc) is 3.18. The van der Waals surface area contributed by atoms with Crippen LogP contribution >= 0.6 is 0 Å². The Morgan fingerprint density at radius 3 is 2.10 bits per heavy atom. The number of carbonyl (C=O) groups excluding carboxylic acids is 1. The lowest BCUT2D eigenvalue weighted by Crippen LogP contribution is -2.16. The van der Waals surface area contributed by atoms with E-state index in [1.807, 2.05) is 25.2 Å². The van der Waals surface area contributed by atoms with Gasteiger partial charge in [0, 0.05) is 6.07 Å². The van der Waals surface area contributed by atoms with Crippen LogP contribution in [-0.4, -0.2) is 64.5 Å². The molecule has 174 valence electrons. The van der Waals surface area contributed by atoms with Crippen LogP contribution in [0.2, 0.25) is 0 Å². The number of fused-ring (bicyclic) bond motifs is 1. The van der Waals surface area contributed by atoms with Crippen LogP contribution in [0, 0.1) is 0 Å². The Kier molecular flexibility index (Phi) is 15.6. The van der Waals surface area contributed by atoms with Crippen LogP contribution in [0.4, 0.5) is 13.2 Å². The van der Waals surface area contributed by atoms with Crippen LogP contribution in [-0.2, 0) is 4.79 Å². The van der Waals surface area contributed by atoms with Crippen molar-refractivity contribution >= 4 is 6.29 Å². The molecule has 0 unspecified atom stereocenters. The summed E-state index contributed by atoms with van der Waals surface area (Å²) in [5.74, 6) is 2.32. The molecule has 3 rings (SSSR count). The predicted octanol–water partition coefficient (Wildman–Crippen LogP) is 4.28. The lowest BCUT2D eigenvalue weighted by atomic mass is 10.3. The number of ether oxygens (including phenoxy) is 3. The first-order chi connectivity index (χ1) is 14.3. The van der Waals surface area contributed by atoms with Crippen LogP contribution in [0.5, 0.6) is 17.2 Å². The van der Waals surface area contributed by atoms with Crippen molar-refractivity contribution in [3.8, 4) is 17.2 Å². The molecule has 1 aromatic carbocycles. The molecule has 0 amide bonds. The number of nitrogens with zero attached hydrogens (tertiary/aromatic N) is 1. The molecule has 0 aliphatic carbocycles. The molecule has 6 nitrogen and oxygen atoms in total. The van der Waals surface area contributed by atoms with E-state index in [1.165, 1.54) is 32.4 Å². The second-order valence-electron chi connectivity index (χ2n) is 6.65. The zero-order chi connectivity index (χ0) is 22.8. The van der Waals surface area contributed by atoms with Gasteiger partial charge in [0.05, 0.1) is 6.42 Å². The second-order valence-corrected chi connectivity index (χ2v) is 6.65. The number of alkyl halides is 3. The van der Waals surface area contributed by atoms with Crippen LogP contribution in [0.1, 0.15) is 39.5 Å². The number of aldehydes is 1. The molecular formula is C21H35F3N2O4. The van der Waals surface area contributed by atoms with Crippen molar-refractivity contribution in [2.24, 2.45) is 0 Å². The molecule has 1 fully saturated rings. The van der Waals surface area contributed by atoms with Gasteiger partial charge in [-0.2, -0.15) is 13.2 Å². The van der Waals surface area contributed by atoms with E-state index in [4.69, 9.17) is 19.0 Å². The number of rotatable bonds is 4. The van der Waals surface area contributed by atoms with Crippen LogP contribution in [0.15, 0.2) is 18.2 Å². The maximum Gasteiger partial charge on any atom is 0.395 e. The van der Waals surface area contributed by atoms with Gasteiger partial charge in [0.15, 0.2) is 11.5 Å². The topological polar surface area (TPSA) is 60.0 Å². The highest BCUT2D eigenvalue weighted by molar-refractivity contribution is 5.50. The zero-order valence-electron chi connectivity index (χ0n) is 18.4. The average molecular weight is 437 g/mol. The Hall–Kier alpha value is -2.00. The van der Waals surface area contributed by atoms with Gasteiger partial charge in [-0.25, -0.2) is 0 Å². The molecule has 1 N–H and O–H groups in total. The molecule has 0 spiro atoms. The van der Waals surface area contributed by atoms with Gasteiger partial charge in [0.1, 0.15) is 32.0 Å².